The average Bonchev–Trinajstić information content (AvgIpc) is 3.14. The molecular weight excluding hydrogens is 372 g/mol. The Morgan fingerprint density at radius 3 is 2.47 bits per heavy atom. The molecule has 0 aliphatic carbocycles. The SMILES string of the molecule is CNc1ccc(C2N=Nc3ccc(N(C)NNC(C)=C(C)C)cc32)cc1C=C(C)C. The third-order valence-electron chi connectivity index (χ3n) is 5.24. The molecule has 30 heavy (non-hydrogen) atoms. The smallest absolute Gasteiger partial charge is 0.123 e. The molecule has 0 fully saturated rings. The van der Waals surface area contributed by atoms with Crippen molar-refractivity contribution in [1.29, 1.82) is 0 Å². The van der Waals surface area contributed by atoms with E-state index in [9.17, 15) is 0 Å². The van der Waals surface area contributed by atoms with Crippen molar-refractivity contribution in [2.45, 2.75) is 40.7 Å². The lowest BCUT2D eigenvalue weighted by Crippen LogP contribution is -2.44. The van der Waals surface area contributed by atoms with E-state index in [-0.39, 0.29) is 6.04 Å². The van der Waals surface area contributed by atoms with E-state index in [1.54, 1.807) is 0 Å². The van der Waals surface area contributed by atoms with Gasteiger partial charge in [0.25, 0.3) is 0 Å². The predicted octanol–water partition coefficient (Wildman–Crippen LogP) is 6.10. The second-order valence-electron chi connectivity index (χ2n) is 8.10. The van der Waals surface area contributed by atoms with E-state index in [4.69, 9.17) is 0 Å². The van der Waals surface area contributed by atoms with Crippen molar-refractivity contribution in [1.82, 2.24) is 11.0 Å². The molecule has 0 aromatic heterocycles. The number of azo groups is 1. The van der Waals surface area contributed by atoms with Crippen molar-refractivity contribution in [2.75, 3.05) is 24.4 Å². The number of hydrazine groups is 2. The molecule has 1 heterocycles. The van der Waals surface area contributed by atoms with Crippen LogP contribution in [0.1, 0.15) is 57.4 Å². The lowest BCUT2D eigenvalue weighted by atomic mass is 9.95. The Morgan fingerprint density at radius 2 is 1.80 bits per heavy atom. The molecule has 2 aromatic rings. The van der Waals surface area contributed by atoms with Crippen LogP contribution < -0.4 is 21.3 Å². The highest BCUT2D eigenvalue weighted by molar-refractivity contribution is 5.70. The van der Waals surface area contributed by atoms with E-state index in [0.29, 0.717) is 0 Å². The van der Waals surface area contributed by atoms with Gasteiger partial charge in [0.1, 0.15) is 6.04 Å². The molecule has 0 spiro atoms. The van der Waals surface area contributed by atoms with Crippen molar-refractivity contribution < 1.29 is 0 Å². The normalized spacial score (nSPS) is 14.2. The molecule has 1 aliphatic rings. The number of allylic oxidation sites excluding steroid dienone is 3. The number of nitrogens with one attached hydrogen (secondary N) is 3. The number of fused-ring (bicyclic) bond motifs is 1. The Balaban J connectivity index is 1.89. The molecule has 0 amide bonds. The van der Waals surface area contributed by atoms with Gasteiger partial charge in [-0.1, -0.05) is 23.3 Å². The number of benzene rings is 2. The van der Waals surface area contributed by atoms with Crippen molar-refractivity contribution in [2.24, 2.45) is 10.2 Å². The first-order valence-corrected chi connectivity index (χ1v) is 10.2. The standard InChI is InChI=1S/C24H32N6/c1-15(2)12-19-13-18(8-10-22(19)25-6)24-21-14-20(9-11-23(21)27-28-24)30(7)29-26-17(5)16(3)4/h8-14,24-26,29H,1-7H3. The first kappa shape index (κ1) is 21.6. The number of anilines is 2. The van der Waals surface area contributed by atoms with Crippen molar-refractivity contribution in [3.8, 4) is 0 Å². The van der Waals surface area contributed by atoms with Gasteiger partial charge in [-0.05, 0) is 76.1 Å². The minimum atomic E-state index is -0.101. The Labute approximate surface area is 179 Å². The van der Waals surface area contributed by atoms with Crippen LogP contribution in [0.15, 0.2) is 63.5 Å². The van der Waals surface area contributed by atoms with Gasteiger partial charge < -0.3 is 10.7 Å². The first-order valence-electron chi connectivity index (χ1n) is 10.2. The summed E-state index contributed by atoms with van der Waals surface area (Å²) < 4.78 is 0. The number of hydrogen-bond donors (Lipinski definition) is 3. The van der Waals surface area contributed by atoms with Crippen LogP contribution in [0.3, 0.4) is 0 Å². The van der Waals surface area contributed by atoms with Gasteiger partial charge in [0.2, 0.25) is 0 Å². The number of nitrogens with zero attached hydrogens (tertiary/aromatic N) is 3. The van der Waals surface area contributed by atoms with Crippen LogP contribution in [0.4, 0.5) is 17.1 Å². The van der Waals surface area contributed by atoms with Gasteiger partial charge in [-0.3, -0.25) is 5.01 Å². The Bertz CT molecular complexity index is 1010. The van der Waals surface area contributed by atoms with E-state index >= 15 is 0 Å². The van der Waals surface area contributed by atoms with Crippen molar-refractivity contribution in [3.05, 3.63) is 69.9 Å². The fourth-order valence-electron chi connectivity index (χ4n) is 3.26. The summed E-state index contributed by atoms with van der Waals surface area (Å²) >= 11 is 0. The second kappa shape index (κ2) is 9.13. The Hall–Kier alpha value is -3.12. The van der Waals surface area contributed by atoms with Crippen LogP contribution in [0.2, 0.25) is 0 Å². The molecule has 6 heteroatoms. The van der Waals surface area contributed by atoms with E-state index in [0.717, 1.165) is 39.4 Å². The van der Waals surface area contributed by atoms with Crippen LogP contribution in [-0.4, -0.2) is 14.1 Å². The lowest BCUT2D eigenvalue weighted by Gasteiger charge is -2.23. The van der Waals surface area contributed by atoms with E-state index in [1.807, 2.05) is 38.2 Å². The highest BCUT2D eigenvalue weighted by Crippen LogP contribution is 2.42. The van der Waals surface area contributed by atoms with Crippen molar-refractivity contribution in [3.63, 3.8) is 0 Å². The highest BCUT2D eigenvalue weighted by atomic mass is 15.7. The summed E-state index contributed by atoms with van der Waals surface area (Å²) in [6, 6.07) is 12.6. The van der Waals surface area contributed by atoms with Crippen LogP contribution in [0, 0.1) is 0 Å². The number of rotatable bonds is 7. The van der Waals surface area contributed by atoms with Crippen LogP contribution in [0.25, 0.3) is 6.08 Å². The molecule has 0 bridgehead atoms. The first-order chi connectivity index (χ1) is 14.3. The zero-order valence-corrected chi connectivity index (χ0v) is 19.0. The molecule has 1 atom stereocenters. The fourth-order valence-corrected chi connectivity index (χ4v) is 3.26. The summed E-state index contributed by atoms with van der Waals surface area (Å²) in [5.41, 5.74) is 16.5. The summed E-state index contributed by atoms with van der Waals surface area (Å²) in [5.74, 6) is 0. The van der Waals surface area contributed by atoms with Gasteiger partial charge in [0.15, 0.2) is 0 Å². The van der Waals surface area contributed by atoms with Gasteiger partial charge in [0, 0.05) is 31.0 Å². The summed E-state index contributed by atoms with van der Waals surface area (Å²) in [6.45, 7) is 10.4. The topological polar surface area (TPSA) is 64.0 Å². The van der Waals surface area contributed by atoms with Crippen LogP contribution in [0.5, 0.6) is 0 Å². The maximum Gasteiger partial charge on any atom is 0.123 e. The summed E-state index contributed by atoms with van der Waals surface area (Å²) in [7, 11) is 3.93. The minimum Gasteiger partial charge on any atom is -0.388 e. The second-order valence-corrected chi connectivity index (χ2v) is 8.10. The summed E-state index contributed by atoms with van der Waals surface area (Å²) in [4.78, 5) is 0. The maximum absolute atomic E-state index is 4.57. The molecule has 1 aliphatic heterocycles. The number of hydrogen-bond acceptors (Lipinski definition) is 6. The van der Waals surface area contributed by atoms with E-state index in [2.05, 4.69) is 84.5 Å². The Kier molecular flexibility index (Phi) is 6.57. The molecular formula is C24H32N6. The van der Waals surface area contributed by atoms with Crippen molar-refractivity contribution >= 4 is 23.1 Å². The van der Waals surface area contributed by atoms with Gasteiger partial charge in [0.05, 0.1) is 11.4 Å². The molecule has 158 valence electrons. The zero-order chi connectivity index (χ0) is 21.8. The Morgan fingerprint density at radius 1 is 1.03 bits per heavy atom. The van der Waals surface area contributed by atoms with Crippen LogP contribution >= 0.6 is 0 Å². The maximum atomic E-state index is 4.57. The quantitative estimate of drug-likeness (QED) is 0.488. The monoisotopic (exact) mass is 404 g/mol. The average molecular weight is 405 g/mol. The van der Waals surface area contributed by atoms with E-state index in [1.165, 1.54) is 11.1 Å². The summed E-state index contributed by atoms with van der Waals surface area (Å²) in [5, 5.41) is 14.2. The predicted molar refractivity (Wildman–Crippen MR) is 127 cm³/mol. The molecule has 6 nitrogen and oxygen atoms in total. The van der Waals surface area contributed by atoms with Gasteiger partial charge in [-0.2, -0.15) is 10.2 Å². The molecule has 2 aromatic carbocycles. The molecule has 0 saturated carbocycles. The summed E-state index contributed by atoms with van der Waals surface area (Å²) in [6.07, 6.45) is 2.19. The molecule has 1 unspecified atom stereocenters. The molecule has 3 rings (SSSR count). The van der Waals surface area contributed by atoms with Gasteiger partial charge >= 0.3 is 0 Å². The third kappa shape index (κ3) is 4.71. The van der Waals surface area contributed by atoms with Crippen LogP contribution in [-0.2, 0) is 0 Å². The molecule has 0 saturated heterocycles. The largest absolute Gasteiger partial charge is 0.388 e. The minimum absolute atomic E-state index is 0.101. The van der Waals surface area contributed by atoms with E-state index < -0.39 is 0 Å². The van der Waals surface area contributed by atoms with Gasteiger partial charge in [-0.15, -0.1) is 5.53 Å². The third-order valence-corrected chi connectivity index (χ3v) is 5.24. The fraction of sp³-hybridized carbons (Fsp3) is 0.333. The molecule has 3 N–H and O–H groups in total. The zero-order valence-electron chi connectivity index (χ0n) is 19.0. The lowest BCUT2D eigenvalue weighted by molar-refractivity contribution is 0.585. The highest BCUT2D eigenvalue weighted by Gasteiger charge is 2.24. The van der Waals surface area contributed by atoms with Gasteiger partial charge in [-0.25, -0.2) is 0 Å². The molecule has 0 radical (unpaired) electrons.